The normalized spacial score (nSPS) is 11.9. The van der Waals surface area contributed by atoms with E-state index in [1.165, 1.54) is 5.56 Å². The molecule has 2 aromatic heterocycles. The van der Waals surface area contributed by atoms with Gasteiger partial charge in [-0.3, -0.25) is 4.79 Å². The third kappa shape index (κ3) is 4.43. The quantitative estimate of drug-likeness (QED) is 0.505. The number of aromatic nitrogens is 2. The molecular weight excluding hydrogens is 364 g/mol. The number of carbonyl (C=O) groups is 1. The number of aryl methyl sites for hydroxylation is 1. The topological polar surface area (TPSA) is 80.0 Å². The van der Waals surface area contributed by atoms with Crippen LogP contribution in [0.15, 0.2) is 71.3 Å². The number of hydrogen-bond donors (Lipinski definition) is 2. The minimum absolute atomic E-state index is 0.114. The van der Waals surface area contributed by atoms with Gasteiger partial charge in [0, 0.05) is 23.5 Å². The van der Waals surface area contributed by atoms with E-state index in [0.717, 1.165) is 16.8 Å². The van der Waals surface area contributed by atoms with Crippen LogP contribution in [0.3, 0.4) is 0 Å². The van der Waals surface area contributed by atoms with Crippen molar-refractivity contribution < 1.29 is 9.21 Å². The zero-order valence-corrected chi connectivity index (χ0v) is 16.3. The Bertz CT molecular complexity index is 1120. The van der Waals surface area contributed by atoms with Crippen molar-refractivity contribution in [2.45, 2.75) is 26.3 Å². The molecule has 0 aliphatic carbocycles. The van der Waals surface area contributed by atoms with E-state index in [1.54, 1.807) is 6.26 Å². The maximum atomic E-state index is 12.8. The number of carbonyl (C=O) groups excluding carboxylic acids is 1. The summed E-state index contributed by atoms with van der Waals surface area (Å²) in [6, 6.07) is 19.3. The Kier molecular flexibility index (Phi) is 5.24. The SMILES string of the molecule is Cc1ccc(Nc2nc(C(=O)N[C@@H](C)Cc3ccco3)nc3ccccc23)cc1. The highest BCUT2D eigenvalue weighted by Crippen LogP contribution is 2.24. The third-order valence-electron chi connectivity index (χ3n) is 4.59. The van der Waals surface area contributed by atoms with Crippen molar-refractivity contribution in [3.8, 4) is 0 Å². The minimum atomic E-state index is -0.318. The number of rotatable bonds is 6. The number of hydrogen-bond acceptors (Lipinski definition) is 5. The number of amides is 1. The van der Waals surface area contributed by atoms with Crippen LogP contribution in [0.5, 0.6) is 0 Å². The molecule has 0 bridgehead atoms. The van der Waals surface area contributed by atoms with Crippen LogP contribution in [0.4, 0.5) is 11.5 Å². The molecule has 0 saturated carbocycles. The Morgan fingerprint density at radius 2 is 1.83 bits per heavy atom. The van der Waals surface area contributed by atoms with Gasteiger partial charge in [-0.15, -0.1) is 0 Å². The van der Waals surface area contributed by atoms with Crippen molar-refractivity contribution in [1.82, 2.24) is 15.3 Å². The first-order valence-electron chi connectivity index (χ1n) is 9.52. The lowest BCUT2D eigenvalue weighted by molar-refractivity contribution is 0.0929. The van der Waals surface area contributed by atoms with Gasteiger partial charge in [0.2, 0.25) is 5.82 Å². The number of nitrogens with one attached hydrogen (secondary N) is 2. The number of anilines is 2. The number of fused-ring (bicyclic) bond motifs is 1. The van der Waals surface area contributed by atoms with Crippen LogP contribution < -0.4 is 10.6 Å². The second-order valence-corrected chi connectivity index (χ2v) is 7.06. The molecule has 146 valence electrons. The Balaban J connectivity index is 1.60. The summed E-state index contributed by atoms with van der Waals surface area (Å²) in [7, 11) is 0. The average molecular weight is 386 g/mol. The molecule has 0 radical (unpaired) electrons. The lowest BCUT2D eigenvalue weighted by Gasteiger charge is -2.14. The van der Waals surface area contributed by atoms with E-state index in [2.05, 4.69) is 20.6 Å². The van der Waals surface area contributed by atoms with Gasteiger partial charge in [0.25, 0.3) is 5.91 Å². The van der Waals surface area contributed by atoms with Crippen LogP contribution >= 0.6 is 0 Å². The van der Waals surface area contributed by atoms with Gasteiger partial charge in [-0.05, 0) is 50.2 Å². The van der Waals surface area contributed by atoms with Gasteiger partial charge in [-0.1, -0.05) is 29.8 Å². The van der Waals surface area contributed by atoms with E-state index in [9.17, 15) is 4.79 Å². The Morgan fingerprint density at radius 3 is 2.59 bits per heavy atom. The third-order valence-corrected chi connectivity index (χ3v) is 4.59. The second kappa shape index (κ2) is 8.14. The minimum Gasteiger partial charge on any atom is -0.469 e. The fourth-order valence-corrected chi connectivity index (χ4v) is 3.12. The summed E-state index contributed by atoms with van der Waals surface area (Å²) in [5.41, 5.74) is 2.78. The van der Waals surface area contributed by atoms with Crippen LogP contribution in [-0.2, 0) is 6.42 Å². The molecule has 1 atom stereocenters. The molecule has 2 heterocycles. The van der Waals surface area contributed by atoms with Crippen LogP contribution in [-0.4, -0.2) is 21.9 Å². The zero-order valence-electron chi connectivity index (χ0n) is 16.3. The van der Waals surface area contributed by atoms with Crippen molar-refractivity contribution in [3.05, 3.63) is 84.1 Å². The maximum absolute atomic E-state index is 12.8. The summed E-state index contributed by atoms with van der Waals surface area (Å²) >= 11 is 0. The maximum Gasteiger partial charge on any atom is 0.289 e. The van der Waals surface area contributed by atoms with E-state index in [1.807, 2.05) is 74.5 Å². The molecule has 0 saturated heterocycles. The molecular formula is C23H22N4O2. The van der Waals surface area contributed by atoms with Crippen molar-refractivity contribution in [2.75, 3.05) is 5.32 Å². The standard InChI is InChI=1S/C23H22N4O2/c1-15-9-11-17(12-10-15)25-21-19-7-3-4-8-20(19)26-22(27-21)23(28)24-16(2)14-18-6-5-13-29-18/h3-13,16H,14H2,1-2H3,(H,24,28)(H,25,26,27)/t16-/m0/s1. The van der Waals surface area contributed by atoms with Crippen molar-refractivity contribution in [2.24, 2.45) is 0 Å². The summed E-state index contributed by atoms with van der Waals surface area (Å²) in [6.45, 7) is 3.96. The average Bonchev–Trinajstić information content (AvgIpc) is 3.22. The summed E-state index contributed by atoms with van der Waals surface area (Å²) in [4.78, 5) is 21.7. The molecule has 2 aromatic carbocycles. The lowest BCUT2D eigenvalue weighted by Crippen LogP contribution is -2.35. The highest BCUT2D eigenvalue weighted by molar-refractivity contribution is 5.97. The first kappa shape index (κ1) is 18.7. The van der Waals surface area contributed by atoms with E-state index in [-0.39, 0.29) is 17.8 Å². The molecule has 0 aliphatic rings. The second-order valence-electron chi connectivity index (χ2n) is 7.06. The molecule has 2 N–H and O–H groups in total. The predicted octanol–water partition coefficient (Wildman–Crippen LogP) is 4.64. The van der Waals surface area contributed by atoms with E-state index in [4.69, 9.17) is 4.42 Å². The summed E-state index contributed by atoms with van der Waals surface area (Å²) in [5, 5.41) is 7.11. The predicted molar refractivity (Wildman–Crippen MR) is 113 cm³/mol. The van der Waals surface area contributed by atoms with Crippen LogP contribution in [0.1, 0.15) is 28.9 Å². The number of nitrogens with zero attached hydrogens (tertiary/aromatic N) is 2. The number of para-hydroxylation sites is 1. The van der Waals surface area contributed by atoms with Crippen molar-refractivity contribution in [3.63, 3.8) is 0 Å². The highest BCUT2D eigenvalue weighted by Gasteiger charge is 2.17. The first-order valence-corrected chi connectivity index (χ1v) is 9.52. The van der Waals surface area contributed by atoms with Gasteiger partial charge in [-0.2, -0.15) is 0 Å². The smallest absolute Gasteiger partial charge is 0.289 e. The van der Waals surface area contributed by atoms with E-state index in [0.29, 0.717) is 17.8 Å². The number of furan rings is 1. The van der Waals surface area contributed by atoms with Gasteiger partial charge in [0.1, 0.15) is 11.6 Å². The molecule has 4 rings (SSSR count). The van der Waals surface area contributed by atoms with Crippen LogP contribution in [0, 0.1) is 6.92 Å². The van der Waals surface area contributed by atoms with Gasteiger partial charge in [0.15, 0.2) is 0 Å². The lowest BCUT2D eigenvalue weighted by atomic mass is 10.2. The molecule has 6 nitrogen and oxygen atoms in total. The van der Waals surface area contributed by atoms with Crippen LogP contribution in [0.25, 0.3) is 10.9 Å². The first-order chi connectivity index (χ1) is 14.1. The van der Waals surface area contributed by atoms with E-state index < -0.39 is 0 Å². The Hall–Kier alpha value is -3.67. The molecule has 29 heavy (non-hydrogen) atoms. The monoisotopic (exact) mass is 386 g/mol. The van der Waals surface area contributed by atoms with Gasteiger partial charge in [-0.25, -0.2) is 9.97 Å². The molecule has 0 spiro atoms. The molecule has 1 amide bonds. The Morgan fingerprint density at radius 1 is 1.03 bits per heavy atom. The van der Waals surface area contributed by atoms with E-state index >= 15 is 0 Å². The Labute approximate surface area is 169 Å². The van der Waals surface area contributed by atoms with Crippen molar-refractivity contribution >= 4 is 28.3 Å². The molecule has 0 fully saturated rings. The summed E-state index contributed by atoms with van der Waals surface area (Å²) < 4.78 is 5.35. The highest BCUT2D eigenvalue weighted by atomic mass is 16.3. The van der Waals surface area contributed by atoms with Crippen LogP contribution in [0.2, 0.25) is 0 Å². The molecule has 0 unspecified atom stereocenters. The number of benzene rings is 2. The molecule has 0 aliphatic heterocycles. The fraction of sp³-hybridized carbons (Fsp3) is 0.174. The summed E-state index contributed by atoms with van der Waals surface area (Å²) in [5.74, 6) is 1.23. The molecule has 6 heteroatoms. The fourth-order valence-electron chi connectivity index (χ4n) is 3.12. The van der Waals surface area contributed by atoms with Gasteiger partial charge in [0.05, 0.1) is 11.8 Å². The van der Waals surface area contributed by atoms with Crippen molar-refractivity contribution in [1.29, 1.82) is 0 Å². The molecule has 4 aromatic rings. The summed E-state index contributed by atoms with van der Waals surface area (Å²) in [6.07, 6.45) is 2.22. The van der Waals surface area contributed by atoms with Gasteiger partial charge < -0.3 is 15.1 Å². The zero-order chi connectivity index (χ0) is 20.2. The van der Waals surface area contributed by atoms with Gasteiger partial charge >= 0.3 is 0 Å². The largest absolute Gasteiger partial charge is 0.469 e.